The second kappa shape index (κ2) is 4.81. The minimum Gasteiger partial charge on any atom is -0.508 e. The van der Waals surface area contributed by atoms with Crippen LogP contribution in [0.4, 0.5) is 0 Å². The van der Waals surface area contributed by atoms with E-state index in [1.54, 1.807) is 18.3 Å². The Labute approximate surface area is 94.4 Å². The molecule has 16 heavy (non-hydrogen) atoms. The monoisotopic (exact) mass is 217 g/mol. The van der Waals surface area contributed by atoms with E-state index >= 15 is 0 Å². The van der Waals surface area contributed by atoms with E-state index < -0.39 is 0 Å². The fourth-order valence-electron chi connectivity index (χ4n) is 1.50. The molecule has 2 aromatic rings. The standard InChI is InChI=1S/C12H15N3O/c1-9(12-13-6-7-14-12)15-8-10-2-4-11(16)5-3-10/h2-7,9,15-16H,8H2,1H3,(H,13,14). The highest BCUT2D eigenvalue weighted by Crippen LogP contribution is 2.11. The van der Waals surface area contributed by atoms with Crippen LogP contribution in [-0.2, 0) is 6.54 Å². The summed E-state index contributed by atoms with van der Waals surface area (Å²) in [5, 5.41) is 12.5. The van der Waals surface area contributed by atoms with Crippen LogP contribution < -0.4 is 5.32 Å². The van der Waals surface area contributed by atoms with Crippen molar-refractivity contribution < 1.29 is 5.11 Å². The third-order valence-corrected chi connectivity index (χ3v) is 2.48. The van der Waals surface area contributed by atoms with Crippen molar-refractivity contribution in [3.8, 4) is 5.75 Å². The van der Waals surface area contributed by atoms with Gasteiger partial charge < -0.3 is 15.4 Å². The second-order valence-corrected chi connectivity index (χ2v) is 3.74. The van der Waals surface area contributed by atoms with E-state index in [0.717, 1.165) is 17.9 Å². The lowest BCUT2D eigenvalue weighted by Crippen LogP contribution is -2.19. The predicted molar refractivity (Wildman–Crippen MR) is 61.9 cm³/mol. The normalized spacial score (nSPS) is 12.6. The molecule has 4 heteroatoms. The highest BCUT2D eigenvalue weighted by atomic mass is 16.3. The molecular formula is C12H15N3O. The van der Waals surface area contributed by atoms with Gasteiger partial charge in [-0.2, -0.15) is 0 Å². The maximum Gasteiger partial charge on any atom is 0.122 e. The molecule has 0 radical (unpaired) electrons. The molecule has 2 rings (SSSR count). The van der Waals surface area contributed by atoms with Crippen molar-refractivity contribution in [2.75, 3.05) is 0 Å². The number of rotatable bonds is 4. The number of nitrogens with one attached hydrogen (secondary N) is 2. The van der Waals surface area contributed by atoms with Gasteiger partial charge in [0.25, 0.3) is 0 Å². The first-order chi connectivity index (χ1) is 7.75. The Morgan fingerprint density at radius 1 is 1.38 bits per heavy atom. The van der Waals surface area contributed by atoms with E-state index in [2.05, 4.69) is 22.2 Å². The number of H-pyrrole nitrogens is 1. The fourth-order valence-corrected chi connectivity index (χ4v) is 1.50. The number of aromatic amines is 1. The van der Waals surface area contributed by atoms with Gasteiger partial charge in [0.15, 0.2) is 0 Å². The lowest BCUT2D eigenvalue weighted by Gasteiger charge is -2.11. The molecule has 84 valence electrons. The van der Waals surface area contributed by atoms with Crippen LogP contribution in [0.15, 0.2) is 36.7 Å². The number of nitrogens with zero attached hydrogens (tertiary/aromatic N) is 1. The molecule has 4 nitrogen and oxygen atoms in total. The molecule has 0 aliphatic rings. The first-order valence-corrected chi connectivity index (χ1v) is 5.26. The van der Waals surface area contributed by atoms with Gasteiger partial charge in [0.05, 0.1) is 6.04 Å². The maximum absolute atomic E-state index is 9.15. The van der Waals surface area contributed by atoms with Crippen molar-refractivity contribution >= 4 is 0 Å². The molecule has 0 aliphatic carbocycles. The summed E-state index contributed by atoms with van der Waals surface area (Å²) in [5.74, 6) is 1.22. The molecule has 1 aromatic carbocycles. The van der Waals surface area contributed by atoms with E-state index in [1.165, 1.54) is 0 Å². The Morgan fingerprint density at radius 3 is 2.75 bits per heavy atom. The topological polar surface area (TPSA) is 60.9 Å². The van der Waals surface area contributed by atoms with Gasteiger partial charge in [-0.15, -0.1) is 0 Å². The number of phenols is 1. The van der Waals surface area contributed by atoms with Crippen molar-refractivity contribution in [3.05, 3.63) is 48.0 Å². The van der Waals surface area contributed by atoms with E-state index in [9.17, 15) is 0 Å². The van der Waals surface area contributed by atoms with Gasteiger partial charge in [0.2, 0.25) is 0 Å². The van der Waals surface area contributed by atoms with Crippen LogP contribution in [0.25, 0.3) is 0 Å². The molecule has 3 N–H and O–H groups in total. The average Bonchev–Trinajstić information content (AvgIpc) is 2.81. The molecule has 0 aliphatic heterocycles. The summed E-state index contributed by atoms with van der Waals surface area (Å²) < 4.78 is 0. The first kappa shape index (κ1) is 10.7. The number of hydrogen-bond donors (Lipinski definition) is 3. The van der Waals surface area contributed by atoms with Crippen LogP contribution in [0.5, 0.6) is 5.75 Å². The number of hydrogen-bond acceptors (Lipinski definition) is 3. The Balaban J connectivity index is 1.90. The molecular weight excluding hydrogens is 202 g/mol. The molecule has 0 bridgehead atoms. The second-order valence-electron chi connectivity index (χ2n) is 3.74. The van der Waals surface area contributed by atoms with E-state index in [-0.39, 0.29) is 6.04 Å². The summed E-state index contributed by atoms with van der Waals surface area (Å²) in [6.07, 6.45) is 3.56. The maximum atomic E-state index is 9.15. The van der Waals surface area contributed by atoms with E-state index in [0.29, 0.717) is 5.75 Å². The molecule has 0 fully saturated rings. The minimum atomic E-state index is 0.184. The molecule has 1 atom stereocenters. The largest absolute Gasteiger partial charge is 0.508 e. The Hall–Kier alpha value is -1.81. The van der Waals surface area contributed by atoms with Crippen molar-refractivity contribution in [2.24, 2.45) is 0 Å². The van der Waals surface area contributed by atoms with Gasteiger partial charge in [0, 0.05) is 18.9 Å². The lowest BCUT2D eigenvalue weighted by atomic mass is 10.2. The number of phenolic OH excluding ortho intramolecular Hbond substituents is 1. The highest BCUT2D eigenvalue weighted by Gasteiger charge is 2.06. The van der Waals surface area contributed by atoms with Gasteiger partial charge in [-0.25, -0.2) is 4.98 Å². The molecule has 0 amide bonds. The lowest BCUT2D eigenvalue weighted by molar-refractivity contribution is 0.474. The van der Waals surface area contributed by atoms with Gasteiger partial charge >= 0.3 is 0 Å². The van der Waals surface area contributed by atoms with Crippen molar-refractivity contribution in [2.45, 2.75) is 19.5 Å². The third kappa shape index (κ3) is 2.61. The van der Waals surface area contributed by atoms with E-state index in [1.807, 2.05) is 18.3 Å². The Kier molecular flexibility index (Phi) is 3.22. The summed E-state index contributed by atoms with van der Waals surface area (Å²) in [4.78, 5) is 7.25. The van der Waals surface area contributed by atoms with Crippen LogP contribution in [0.2, 0.25) is 0 Å². The predicted octanol–water partition coefficient (Wildman–Crippen LogP) is 1.97. The SMILES string of the molecule is CC(NCc1ccc(O)cc1)c1ncc[nH]1. The van der Waals surface area contributed by atoms with E-state index in [4.69, 9.17) is 5.11 Å². The van der Waals surface area contributed by atoms with Crippen molar-refractivity contribution in [1.29, 1.82) is 0 Å². The zero-order valence-electron chi connectivity index (χ0n) is 9.14. The van der Waals surface area contributed by atoms with Crippen LogP contribution in [0, 0.1) is 0 Å². The molecule has 0 saturated carbocycles. The van der Waals surface area contributed by atoms with Gasteiger partial charge in [-0.1, -0.05) is 12.1 Å². The molecule has 0 spiro atoms. The first-order valence-electron chi connectivity index (χ1n) is 5.26. The Morgan fingerprint density at radius 2 is 2.12 bits per heavy atom. The Bertz CT molecular complexity index is 422. The zero-order chi connectivity index (χ0) is 11.4. The molecule has 0 saturated heterocycles. The summed E-state index contributed by atoms with van der Waals surface area (Å²) in [5.41, 5.74) is 1.14. The van der Waals surface area contributed by atoms with Crippen LogP contribution in [-0.4, -0.2) is 15.1 Å². The number of aromatic nitrogens is 2. The highest BCUT2D eigenvalue weighted by molar-refractivity contribution is 5.25. The average molecular weight is 217 g/mol. The smallest absolute Gasteiger partial charge is 0.122 e. The zero-order valence-corrected chi connectivity index (χ0v) is 9.14. The number of aromatic hydroxyl groups is 1. The van der Waals surface area contributed by atoms with Gasteiger partial charge in [-0.3, -0.25) is 0 Å². The van der Waals surface area contributed by atoms with Crippen molar-refractivity contribution in [3.63, 3.8) is 0 Å². The fraction of sp³-hybridized carbons (Fsp3) is 0.250. The number of imidazole rings is 1. The van der Waals surface area contributed by atoms with Crippen LogP contribution in [0.3, 0.4) is 0 Å². The number of benzene rings is 1. The molecule has 1 aromatic heterocycles. The van der Waals surface area contributed by atoms with Crippen LogP contribution in [0.1, 0.15) is 24.4 Å². The minimum absolute atomic E-state index is 0.184. The summed E-state index contributed by atoms with van der Waals surface area (Å²) in [6, 6.07) is 7.36. The van der Waals surface area contributed by atoms with Crippen LogP contribution >= 0.6 is 0 Å². The summed E-state index contributed by atoms with van der Waals surface area (Å²) >= 11 is 0. The third-order valence-electron chi connectivity index (χ3n) is 2.48. The summed E-state index contributed by atoms with van der Waals surface area (Å²) in [7, 11) is 0. The molecule has 1 heterocycles. The quantitative estimate of drug-likeness (QED) is 0.733. The molecule has 1 unspecified atom stereocenters. The van der Waals surface area contributed by atoms with Gasteiger partial charge in [0.1, 0.15) is 11.6 Å². The van der Waals surface area contributed by atoms with Gasteiger partial charge in [-0.05, 0) is 24.6 Å². The van der Waals surface area contributed by atoms with Crippen molar-refractivity contribution in [1.82, 2.24) is 15.3 Å². The summed E-state index contributed by atoms with van der Waals surface area (Å²) in [6.45, 7) is 2.81.